The molecule has 0 bridgehead atoms. The second kappa shape index (κ2) is 7.06. The lowest BCUT2D eigenvalue weighted by Crippen LogP contribution is -2.43. The van der Waals surface area contributed by atoms with Gasteiger partial charge in [-0.1, -0.05) is 13.0 Å². The molecule has 1 aromatic carbocycles. The van der Waals surface area contributed by atoms with Gasteiger partial charge in [-0.05, 0) is 37.0 Å². The number of ether oxygens (including phenoxy) is 1. The molecule has 0 aliphatic carbocycles. The van der Waals surface area contributed by atoms with E-state index < -0.39 is 17.8 Å². The summed E-state index contributed by atoms with van der Waals surface area (Å²) < 4.78 is 4.62. The number of rotatable bonds is 2. The van der Waals surface area contributed by atoms with Crippen molar-refractivity contribution in [2.24, 2.45) is 5.92 Å². The largest absolute Gasteiger partial charge is 0.465 e. The molecule has 1 saturated heterocycles. The van der Waals surface area contributed by atoms with Gasteiger partial charge in [-0.3, -0.25) is 9.59 Å². The SMILES string of the molecule is COC(=O)c1cccc(NC(=O)C(=O)N2CCC(C)CC2)c1. The monoisotopic (exact) mass is 304 g/mol. The molecule has 6 nitrogen and oxygen atoms in total. The van der Waals surface area contributed by atoms with E-state index in [1.807, 2.05) is 0 Å². The summed E-state index contributed by atoms with van der Waals surface area (Å²) in [4.78, 5) is 37.2. The van der Waals surface area contributed by atoms with Crippen molar-refractivity contribution >= 4 is 23.5 Å². The fourth-order valence-electron chi connectivity index (χ4n) is 2.38. The predicted molar refractivity (Wildman–Crippen MR) is 81.4 cm³/mol. The Balaban J connectivity index is 1.99. The van der Waals surface area contributed by atoms with E-state index in [0.717, 1.165) is 12.8 Å². The molecule has 0 unspecified atom stereocenters. The zero-order valence-electron chi connectivity index (χ0n) is 12.8. The molecule has 1 aliphatic heterocycles. The second-order valence-electron chi connectivity index (χ2n) is 5.50. The van der Waals surface area contributed by atoms with Crippen LogP contribution >= 0.6 is 0 Å². The Morgan fingerprint density at radius 3 is 2.55 bits per heavy atom. The predicted octanol–water partition coefficient (Wildman–Crippen LogP) is 1.67. The maximum atomic E-state index is 12.1. The van der Waals surface area contributed by atoms with Gasteiger partial charge in [0, 0.05) is 18.8 Å². The van der Waals surface area contributed by atoms with Crippen LogP contribution in [0.1, 0.15) is 30.1 Å². The number of methoxy groups -OCH3 is 1. The number of piperidine rings is 1. The second-order valence-corrected chi connectivity index (χ2v) is 5.50. The lowest BCUT2D eigenvalue weighted by molar-refractivity contribution is -0.144. The lowest BCUT2D eigenvalue weighted by Gasteiger charge is -2.29. The topological polar surface area (TPSA) is 75.7 Å². The van der Waals surface area contributed by atoms with Crippen molar-refractivity contribution in [2.75, 3.05) is 25.5 Å². The molecular weight excluding hydrogens is 284 g/mol. The molecule has 118 valence electrons. The van der Waals surface area contributed by atoms with Gasteiger partial charge in [-0.25, -0.2) is 4.79 Å². The number of esters is 1. The van der Waals surface area contributed by atoms with Crippen molar-refractivity contribution in [1.29, 1.82) is 0 Å². The number of likely N-dealkylation sites (tertiary alicyclic amines) is 1. The molecule has 1 aliphatic rings. The molecule has 0 saturated carbocycles. The van der Waals surface area contributed by atoms with Gasteiger partial charge in [-0.2, -0.15) is 0 Å². The third-order valence-corrected chi connectivity index (χ3v) is 3.81. The number of hydrogen-bond acceptors (Lipinski definition) is 4. The third kappa shape index (κ3) is 3.84. The lowest BCUT2D eigenvalue weighted by atomic mass is 9.99. The quantitative estimate of drug-likeness (QED) is 0.666. The van der Waals surface area contributed by atoms with E-state index in [4.69, 9.17) is 0 Å². The van der Waals surface area contributed by atoms with Crippen LogP contribution in [0.2, 0.25) is 0 Å². The van der Waals surface area contributed by atoms with E-state index in [1.54, 1.807) is 23.1 Å². The van der Waals surface area contributed by atoms with Crippen molar-refractivity contribution in [3.05, 3.63) is 29.8 Å². The number of carbonyl (C=O) groups excluding carboxylic acids is 3. The highest BCUT2D eigenvalue weighted by Gasteiger charge is 2.25. The summed E-state index contributed by atoms with van der Waals surface area (Å²) in [6.07, 6.45) is 1.83. The zero-order valence-corrected chi connectivity index (χ0v) is 12.8. The van der Waals surface area contributed by atoms with Gasteiger partial charge in [0.05, 0.1) is 12.7 Å². The highest BCUT2D eigenvalue weighted by atomic mass is 16.5. The first-order chi connectivity index (χ1) is 10.5. The molecule has 1 fully saturated rings. The standard InChI is InChI=1S/C16H20N2O4/c1-11-6-8-18(9-7-11)15(20)14(19)17-13-5-3-4-12(10-13)16(21)22-2/h3-5,10-11H,6-9H2,1-2H3,(H,17,19). The van der Waals surface area contributed by atoms with Crippen LogP contribution < -0.4 is 5.32 Å². The summed E-state index contributed by atoms with van der Waals surface area (Å²) in [7, 11) is 1.29. The number of nitrogens with zero attached hydrogens (tertiary/aromatic N) is 1. The summed E-state index contributed by atoms with van der Waals surface area (Å²) in [6, 6.07) is 6.30. The Labute approximate surface area is 129 Å². The van der Waals surface area contributed by atoms with E-state index in [-0.39, 0.29) is 0 Å². The molecule has 0 spiro atoms. The van der Waals surface area contributed by atoms with E-state index >= 15 is 0 Å². The normalized spacial score (nSPS) is 15.3. The minimum absolute atomic E-state index is 0.319. The Kier molecular flexibility index (Phi) is 5.14. The molecule has 0 atom stereocenters. The molecule has 0 radical (unpaired) electrons. The van der Waals surface area contributed by atoms with E-state index in [2.05, 4.69) is 17.0 Å². The fourth-order valence-corrected chi connectivity index (χ4v) is 2.38. The molecule has 22 heavy (non-hydrogen) atoms. The number of amides is 2. The number of anilines is 1. The Hall–Kier alpha value is -2.37. The van der Waals surface area contributed by atoms with Crippen LogP contribution in [-0.4, -0.2) is 42.9 Å². The van der Waals surface area contributed by atoms with Crippen LogP contribution in [-0.2, 0) is 14.3 Å². The van der Waals surface area contributed by atoms with E-state index in [0.29, 0.717) is 30.3 Å². The summed E-state index contributed by atoms with van der Waals surface area (Å²) in [5.41, 5.74) is 0.714. The Morgan fingerprint density at radius 2 is 1.91 bits per heavy atom. The van der Waals surface area contributed by atoms with Crippen molar-refractivity contribution < 1.29 is 19.1 Å². The maximum absolute atomic E-state index is 12.1. The summed E-state index contributed by atoms with van der Waals surface area (Å²) in [6.45, 7) is 3.35. The Bertz CT molecular complexity index is 577. The maximum Gasteiger partial charge on any atom is 0.337 e. The van der Waals surface area contributed by atoms with Gasteiger partial charge >= 0.3 is 17.8 Å². The smallest absolute Gasteiger partial charge is 0.337 e. The van der Waals surface area contributed by atoms with Crippen LogP contribution in [0.25, 0.3) is 0 Å². The van der Waals surface area contributed by atoms with Gasteiger partial charge in [0.15, 0.2) is 0 Å². The van der Waals surface area contributed by atoms with E-state index in [9.17, 15) is 14.4 Å². The van der Waals surface area contributed by atoms with Crippen LogP contribution in [0, 0.1) is 5.92 Å². The number of hydrogen-bond donors (Lipinski definition) is 1. The molecule has 1 heterocycles. The van der Waals surface area contributed by atoms with Crippen molar-refractivity contribution in [3.63, 3.8) is 0 Å². The number of nitrogens with one attached hydrogen (secondary N) is 1. The number of carbonyl (C=O) groups is 3. The van der Waals surface area contributed by atoms with Crippen LogP contribution in [0.3, 0.4) is 0 Å². The minimum Gasteiger partial charge on any atom is -0.465 e. The van der Waals surface area contributed by atoms with E-state index in [1.165, 1.54) is 13.2 Å². The molecule has 0 aromatic heterocycles. The summed E-state index contributed by atoms with van der Waals surface area (Å²) in [5, 5.41) is 2.53. The molecule has 1 aromatic rings. The van der Waals surface area contributed by atoms with Crippen LogP contribution in [0.4, 0.5) is 5.69 Å². The Morgan fingerprint density at radius 1 is 1.23 bits per heavy atom. The number of benzene rings is 1. The molecular formula is C16H20N2O4. The summed E-state index contributed by atoms with van der Waals surface area (Å²) in [5.74, 6) is -1.12. The average molecular weight is 304 g/mol. The van der Waals surface area contributed by atoms with Gasteiger partial charge in [0.1, 0.15) is 0 Å². The zero-order chi connectivity index (χ0) is 16.1. The van der Waals surface area contributed by atoms with Crippen molar-refractivity contribution in [3.8, 4) is 0 Å². The molecule has 2 amide bonds. The molecule has 2 rings (SSSR count). The third-order valence-electron chi connectivity index (χ3n) is 3.81. The molecule has 6 heteroatoms. The first-order valence-corrected chi connectivity index (χ1v) is 7.30. The van der Waals surface area contributed by atoms with Gasteiger partial charge in [-0.15, -0.1) is 0 Å². The fraction of sp³-hybridized carbons (Fsp3) is 0.438. The molecule has 1 N–H and O–H groups in total. The highest BCUT2D eigenvalue weighted by Crippen LogP contribution is 2.17. The van der Waals surface area contributed by atoms with Gasteiger partial charge in [0.2, 0.25) is 0 Å². The first-order valence-electron chi connectivity index (χ1n) is 7.30. The average Bonchev–Trinajstić information content (AvgIpc) is 2.54. The van der Waals surface area contributed by atoms with Gasteiger partial charge < -0.3 is 15.0 Å². The van der Waals surface area contributed by atoms with Crippen LogP contribution in [0.15, 0.2) is 24.3 Å². The summed E-state index contributed by atoms with van der Waals surface area (Å²) >= 11 is 0. The van der Waals surface area contributed by atoms with Crippen molar-refractivity contribution in [1.82, 2.24) is 4.90 Å². The first kappa shape index (κ1) is 16.0. The van der Waals surface area contributed by atoms with Crippen LogP contribution in [0.5, 0.6) is 0 Å². The highest BCUT2D eigenvalue weighted by molar-refractivity contribution is 6.39. The van der Waals surface area contributed by atoms with Gasteiger partial charge in [0.25, 0.3) is 0 Å². The minimum atomic E-state index is -0.684. The van der Waals surface area contributed by atoms with Crippen molar-refractivity contribution in [2.45, 2.75) is 19.8 Å².